The molecule has 0 atom stereocenters. The molecular weight excluding hydrogens is 290 g/mol. The third-order valence-electron chi connectivity index (χ3n) is 2.93. The van der Waals surface area contributed by atoms with Crippen molar-refractivity contribution >= 4 is 21.6 Å². The Morgan fingerprint density at radius 2 is 1.94 bits per heavy atom. The number of aromatic hydroxyl groups is 1. The van der Waals surface area contributed by atoms with E-state index in [1.54, 1.807) is 0 Å². The predicted molar refractivity (Wildman–Crippen MR) is 79.0 cm³/mol. The van der Waals surface area contributed by atoms with Crippen molar-refractivity contribution < 1.29 is 5.11 Å². The summed E-state index contributed by atoms with van der Waals surface area (Å²) in [6.45, 7) is 4.75. The number of anilines is 1. The normalized spacial score (nSPS) is 10.4. The zero-order valence-corrected chi connectivity index (χ0v) is 12.1. The Balaban J connectivity index is 2.16. The highest BCUT2D eigenvalue weighted by molar-refractivity contribution is 9.10. The molecule has 0 aliphatic carbocycles. The minimum atomic E-state index is 0.301. The zero-order chi connectivity index (χ0) is 13.1. The Bertz CT molecular complexity index is 564. The lowest BCUT2D eigenvalue weighted by Crippen LogP contribution is -2.01. The average Bonchev–Trinajstić information content (AvgIpc) is 2.35. The molecule has 0 aliphatic rings. The number of aryl methyl sites for hydroxylation is 2. The summed E-state index contributed by atoms with van der Waals surface area (Å²) in [5.41, 5.74) is 4.41. The molecule has 0 heterocycles. The largest absolute Gasteiger partial charge is 0.506 e. The maximum absolute atomic E-state index is 9.91. The van der Waals surface area contributed by atoms with Gasteiger partial charge in [0.05, 0.1) is 4.47 Å². The van der Waals surface area contributed by atoms with Crippen LogP contribution in [0.25, 0.3) is 0 Å². The Labute approximate surface area is 116 Å². The van der Waals surface area contributed by atoms with Crippen LogP contribution in [-0.4, -0.2) is 5.11 Å². The van der Waals surface area contributed by atoms with Crippen LogP contribution >= 0.6 is 15.9 Å². The van der Waals surface area contributed by atoms with Crippen molar-refractivity contribution in [1.29, 1.82) is 0 Å². The zero-order valence-electron chi connectivity index (χ0n) is 10.5. The smallest absolute Gasteiger partial charge is 0.134 e. The molecule has 0 spiro atoms. The van der Waals surface area contributed by atoms with Crippen molar-refractivity contribution in [2.75, 3.05) is 5.32 Å². The summed E-state index contributed by atoms with van der Waals surface area (Å²) in [6.07, 6.45) is 0. The van der Waals surface area contributed by atoms with Crippen molar-refractivity contribution in [3.05, 3.63) is 57.6 Å². The van der Waals surface area contributed by atoms with Gasteiger partial charge in [0.2, 0.25) is 0 Å². The monoisotopic (exact) mass is 305 g/mol. The number of hydrogen-bond donors (Lipinski definition) is 2. The number of nitrogens with one attached hydrogen (secondary N) is 1. The Kier molecular flexibility index (Phi) is 3.92. The number of hydrogen-bond acceptors (Lipinski definition) is 2. The van der Waals surface area contributed by atoms with Crippen LogP contribution in [0, 0.1) is 13.8 Å². The van der Waals surface area contributed by atoms with Crippen LogP contribution < -0.4 is 5.32 Å². The van der Waals surface area contributed by atoms with Gasteiger partial charge in [-0.25, -0.2) is 0 Å². The highest BCUT2D eigenvalue weighted by Gasteiger charge is 2.05. The summed E-state index contributed by atoms with van der Waals surface area (Å²) in [7, 11) is 0. The molecule has 0 saturated heterocycles. The van der Waals surface area contributed by atoms with E-state index in [4.69, 9.17) is 0 Å². The van der Waals surface area contributed by atoms with Crippen LogP contribution in [0.5, 0.6) is 5.75 Å². The van der Waals surface area contributed by atoms with E-state index in [2.05, 4.69) is 53.3 Å². The second-order valence-electron chi connectivity index (χ2n) is 4.42. The molecule has 0 bridgehead atoms. The minimum absolute atomic E-state index is 0.301. The fraction of sp³-hybridized carbons (Fsp3) is 0.200. The molecule has 0 amide bonds. The Morgan fingerprint density at radius 1 is 1.17 bits per heavy atom. The van der Waals surface area contributed by atoms with Crippen LogP contribution in [0.3, 0.4) is 0 Å². The van der Waals surface area contributed by atoms with Gasteiger partial charge < -0.3 is 10.4 Å². The summed E-state index contributed by atoms with van der Waals surface area (Å²) in [5, 5.41) is 13.3. The standard InChI is InChI=1S/C15H16BrNO/c1-10-6-7-11(2)14(8-10)17-9-12-4-3-5-13(16)15(12)18/h3-8,17-18H,9H2,1-2H3. The van der Waals surface area contributed by atoms with Crippen LogP contribution in [-0.2, 0) is 6.54 Å². The molecular formula is C15H16BrNO. The van der Waals surface area contributed by atoms with E-state index < -0.39 is 0 Å². The Morgan fingerprint density at radius 3 is 2.72 bits per heavy atom. The van der Waals surface area contributed by atoms with E-state index in [0.29, 0.717) is 12.3 Å². The first kappa shape index (κ1) is 13.0. The van der Waals surface area contributed by atoms with Gasteiger partial charge in [-0.05, 0) is 53.0 Å². The minimum Gasteiger partial charge on any atom is -0.506 e. The number of phenols is 1. The summed E-state index contributed by atoms with van der Waals surface area (Å²) < 4.78 is 0.725. The second kappa shape index (κ2) is 5.44. The van der Waals surface area contributed by atoms with Crippen LogP contribution in [0.1, 0.15) is 16.7 Å². The maximum Gasteiger partial charge on any atom is 0.134 e. The molecule has 0 radical (unpaired) electrons. The lowest BCUT2D eigenvalue weighted by Gasteiger charge is -2.12. The lowest BCUT2D eigenvalue weighted by atomic mass is 10.1. The summed E-state index contributed by atoms with van der Waals surface area (Å²) in [4.78, 5) is 0. The van der Waals surface area contributed by atoms with E-state index in [-0.39, 0.29) is 0 Å². The van der Waals surface area contributed by atoms with Crippen molar-refractivity contribution in [3.63, 3.8) is 0 Å². The molecule has 2 nitrogen and oxygen atoms in total. The first-order valence-electron chi connectivity index (χ1n) is 5.85. The van der Waals surface area contributed by atoms with E-state index >= 15 is 0 Å². The number of benzene rings is 2. The molecule has 0 unspecified atom stereocenters. The summed E-state index contributed by atoms with van der Waals surface area (Å²) in [6, 6.07) is 12.0. The van der Waals surface area contributed by atoms with E-state index in [1.165, 1.54) is 11.1 Å². The molecule has 0 aliphatic heterocycles. The molecule has 2 aromatic rings. The number of phenolic OH excluding ortho intramolecular Hbond substituents is 1. The van der Waals surface area contributed by atoms with Gasteiger partial charge in [0.1, 0.15) is 5.75 Å². The predicted octanol–water partition coefficient (Wildman–Crippen LogP) is 4.38. The van der Waals surface area contributed by atoms with Gasteiger partial charge >= 0.3 is 0 Å². The number of para-hydroxylation sites is 1. The van der Waals surface area contributed by atoms with E-state index in [0.717, 1.165) is 15.7 Å². The third-order valence-corrected chi connectivity index (χ3v) is 3.57. The fourth-order valence-corrected chi connectivity index (χ4v) is 2.23. The molecule has 94 valence electrons. The Hall–Kier alpha value is -1.48. The maximum atomic E-state index is 9.91. The molecule has 0 saturated carbocycles. The molecule has 18 heavy (non-hydrogen) atoms. The fourth-order valence-electron chi connectivity index (χ4n) is 1.82. The van der Waals surface area contributed by atoms with Crippen LogP contribution in [0.4, 0.5) is 5.69 Å². The van der Waals surface area contributed by atoms with Crippen molar-refractivity contribution in [3.8, 4) is 5.75 Å². The van der Waals surface area contributed by atoms with Gasteiger partial charge in [-0.2, -0.15) is 0 Å². The molecule has 0 aromatic heterocycles. The van der Waals surface area contributed by atoms with Gasteiger partial charge in [0.15, 0.2) is 0 Å². The SMILES string of the molecule is Cc1ccc(C)c(NCc2cccc(Br)c2O)c1. The van der Waals surface area contributed by atoms with Crippen molar-refractivity contribution in [1.82, 2.24) is 0 Å². The molecule has 2 rings (SSSR count). The topological polar surface area (TPSA) is 32.3 Å². The third kappa shape index (κ3) is 2.85. The van der Waals surface area contributed by atoms with Gasteiger partial charge in [-0.15, -0.1) is 0 Å². The molecule has 2 aromatic carbocycles. The molecule has 2 N–H and O–H groups in total. The van der Waals surface area contributed by atoms with Crippen LogP contribution in [0.15, 0.2) is 40.9 Å². The number of rotatable bonds is 3. The van der Waals surface area contributed by atoms with Crippen LogP contribution in [0.2, 0.25) is 0 Å². The average molecular weight is 306 g/mol. The van der Waals surface area contributed by atoms with Crippen molar-refractivity contribution in [2.45, 2.75) is 20.4 Å². The van der Waals surface area contributed by atoms with E-state index in [1.807, 2.05) is 18.2 Å². The van der Waals surface area contributed by atoms with Crippen molar-refractivity contribution in [2.24, 2.45) is 0 Å². The van der Waals surface area contributed by atoms with Gasteiger partial charge in [-0.3, -0.25) is 0 Å². The van der Waals surface area contributed by atoms with Gasteiger partial charge in [-0.1, -0.05) is 24.3 Å². The first-order chi connectivity index (χ1) is 8.58. The summed E-state index contributed by atoms with van der Waals surface area (Å²) in [5.74, 6) is 0.301. The van der Waals surface area contributed by atoms with Gasteiger partial charge in [0, 0.05) is 17.8 Å². The lowest BCUT2D eigenvalue weighted by molar-refractivity contribution is 0.465. The summed E-state index contributed by atoms with van der Waals surface area (Å²) >= 11 is 3.32. The quantitative estimate of drug-likeness (QED) is 0.882. The highest BCUT2D eigenvalue weighted by atomic mass is 79.9. The van der Waals surface area contributed by atoms with Gasteiger partial charge in [0.25, 0.3) is 0 Å². The number of halogens is 1. The van der Waals surface area contributed by atoms with E-state index in [9.17, 15) is 5.11 Å². The molecule has 3 heteroatoms. The first-order valence-corrected chi connectivity index (χ1v) is 6.64. The second-order valence-corrected chi connectivity index (χ2v) is 5.27. The molecule has 0 fully saturated rings. The highest BCUT2D eigenvalue weighted by Crippen LogP contribution is 2.28.